The molecular formula is C16H20N4OS. The summed E-state index contributed by atoms with van der Waals surface area (Å²) in [6.45, 7) is 3.63. The summed E-state index contributed by atoms with van der Waals surface area (Å²) in [4.78, 5) is 3.25. The molecule has 0 saturated heterocycles. The van der Waals surface area contributed by atoms with E-state index < -0.39 is 10.8 Å². The van der Waals surface area contributed by atoms with Crippen LogP contribution in [0, 0.1) is 0 Å². The van der Waals surface area contributed by atoms with Crippen LogP contribution in [0.4, 0.5) is 0 Å². The highest BCUT2D eigenvalue weighted by atomic mass is 32.2. The summed E-state index contributed by atoms with van der Waals surface area (Å²) in [7, 11) is -0.920. The molecule has 1 atom stereocenters. The fourth-order valence-electron chi connectivity index (χ4n) is 2.97. The minimum Gasteiger partial charge on any atom is -0.312 e. The molecule has 1 aromatic carbocycles. The van der Waals surface area contributed by atoms with Crippen molar-refractivity contribution in [2.45, 2.75) is 36.7 Å². The summed E-state index contributed by atoms with van der Waals surface area (Å²) in [5, 5.41) is 8.71. The number of nitrogens with zero attached hydrogens (tertiary/aromatic N) is 4. The van der Waals surface area contributed by atoms with E-state index >= 15 is 0 Å². The van der Waals surface area contributed by atoms with Gasteiger partial charge in [0.1, 0.15) is 11.6 Å². The molecule has 1 fully saturated rings. The standard InChI is InChI=1S/C16H20N4OS/c21-22(14-4-2-1-3-5-14)11-10-19-8-9-20-15(12-19)17-18-16(20)13-6-7-13/h1-5,13H,6-12H2. The predicted octanol–water partition coefficient (Wildman–Crippen LogP) is 1.78. The lowest BCUT2D eigenvalue weighted by Gasteiger charge is -2.27. The molecule has 2 aromatic rings. The summed E-state index contributed by atoms with van der Waals surface area (Å²) in [5.41, 5.74) is 0. The van der Waals surface area contributed by atoms with Gasteiger partial charge in [-0.1, -0.05) is 18.2 Å². The van der Waals surface area contributed by atoms with E-state index in [1.165, 1.54) is 18.7 Å². The molecule has 0 spiro atoms. The van der Waals surface area contributed by atoms with E-state index in [4.69, 9.17) is 0 Å². The van der Waals surface area contributed by atoms with Crippen LogP contribution in [-0.2, 0) is 23.9 Å². The van der Waals surface area contributed by atoms with Crippen molar-refractivity contribution in [2.75, 3.05) is 18.8 Å². The number of fused-ring (bicyclic) bond motifs is 1. The van der Waals surface area contributed by atoms with Gasteiger partial charge in [-0.15, -0.1) is 10.2 Å². The lowest BCUT2D eigenvalue weighted by atomic mass is 10.3. The van der Waals surface area contributed by atoms with Gasteiger partial charge in [-0.25, -0.2) is 0 Å². The first-order chi connectivity index (χ1) is 10.8. The molecule has 22 heavy (non-hydrogen) atoms. The van der Waals surface area contributed by atoms with E-state index in [2.05, 4.69) is 19.7 Å². The van der Waals surface area contributed by atoms with E-state index in [0.29, 0.717) is 11.7 Å². The summed E-state index contributed by atoms with van der Waals surface area (Å²) in [6.07, 6.45) is 2.52. The molecule has 2 aliphatic rings. The average molecular weight is 316 g/mol. The topological polar surface area (TPSA) is 51.0 Å². The molecule has 1 saturated carbocycles. The fourth-order valence-corrected chi connectivity index (χ4v) is 4.09. The fraction of sp³-hybridized carbons (Fsp3) is 0.500. The van der Waals surface area contributed by atoms with Crippen molar-refractivity contribution in [3.05, 3.63) is 42.0 Å². The Labute approximate surface area is 132 Å². The Kier molecular flexibility index (Phi) is 3.80. The summed E-state index contributed by atoms with van der Waals surface area (Å²) < 4.78 is 14.6. The summed E-state index contributed by atoms with van der Waals surface area (Å²) in [5.74, 6) is 3.58. The van der Waals surface area contributed by atoms with Crippen molar-refractivity contribution in [1.82, 2.24) is 19.7 Å². The summed E-state index contributed by atoms with van der Waals surface area (Å²) >= 11 is 0. The van der Waals surface area contributed by atoms with Crippen LogP contribution in [0.5, 0.6) is 0 Å². The van der Waals surface area contributed by atoms with Crippen LogP contribution >= 0.6 is 0 Å². The largest absolute Gasteiger partial charge is 0.312 e. The van der Waals surface area contributed by atoms with Gasteiger partial charge in [-0.05, 0) is 25.0 Å². The quantitative estimate of drug-likeness (QED) is 0.844. The first kappa shape index (κ1) is 14.1. The minimum atomic E-state index is -0.920. The highest BCUT2D eigenvalue weighted by Gasteiger charge is 2.31. The van der Waals surface area contributed by atoms with Crippen molar-refractivity contribution in [3.63, 3.8) is 0 Å². The zero-order chi connectivity index (χ0) is 14.9. The van der Waals surface area contributed by atoms with E-state index in [0.717, 1.165) is 36.9 Å². The van der Waals surface area contributed by atoms with Gasteiger partial charge in [0, 0.05) is 36.2 Å². The van der Waals surface area contributed by atoms with Gasteiger partial charge in [0.25, 0.3) is 0 Å². The second kappa shape index (κ2) is 5.93. The molecule has 1 unspecified atom stereocenters. The Hall–Kier alpha value is -1.53. The third kappa shape index (κ3) is 2.85. The maximum Gasteiger partial charge on any atom is 0.147 e. The molecule has 0 radical (unpaired) electrons. The summed E-state index contributed by atoms with van der Waals surface area (Å²) in [6, 6.07) is 9.71. The monoisotopic (exact) mass is 316 g/mol. The van der Waals surface area contributed by atoms with Crippen molar-refractivity contribution >= 4 is 10.8 Å². The van der Waals surface area contributed by atoms with Crippen molar-refractivity contribution in [2.24, 2.45) is 0 Å². The smallest absolute Gasteiger partial charge is 0.147 e. The number of aromatic nitrogens is 3. The number of rotatable bonds is 5. The van der Waals surface area contributed by atoms with Gasteiger partial charge in [0.15, 0.2) is 0 Å². The Morgan fingerprint density at radius 3 is 2.73 bits per heavy atom. The van der Waals surface area contributed by atoms with E-state index in [1.54, 1.807) is 0 Å². The van der Waals surface area contributed by atoms with Crippen LogP contribution in [0.1, 0.15) is 30.4 Å². The third-order valence-electron chi connectivity index (χ3n) is 4.40. The molecule has 0 amide bonds. The molecule has 116 valence electrons. The number of hydrogen-bond donors (Lipinski definition) is 0. The Bertz CT molecular complexity index is 681. The normalized spacial score (nSPS) is 19.8. The second-order valence-electron chi connectivity index (χ2n) is 6.04. The van der Waals surface area contributed by atoms with Crippen LogP contribution in [-0.4, -0.2) is 42.7 Å². The van der Waals surface area contributed by atoms with Crippen molar-refractivity contribution in [3.8, 4) is 0 Å². The van der Waals surface area contributed by atoms with Crippen LogP contribution in [0.15, 0.2) is 35.2 Å². The lowest BCUT2D eigenvalue weighted by molar-refractivity contribution is 0.227. The zero-order valence-electron chi connectivity index (χ0n) is 12.5. The van der Waals surface area contributed by atoms with Crippen molar-refractivity contribution in [1.29, 1.82) is 0 Å². The van der Waals surface area contributed by atoms with Gasteiger partial charge in [-0.2, -0.15) is 0 Å². The third-order valence-corrected chi connectivity index (χ3v) is 5.75. The Morgan fingerprint density at radius 1 is 1.14 bits per heavy atom. The number of benzene rings is 1. The molecule has 0 N–H and O–H groups in total. The SMILES string of the molecule is O=S(CCN1CCn2c(nnc2C2CC2)C1)c1ccccc1. The molecular weight excluding hydrogens is 296 g/mol. The minimum absolute atomic E-state index is 0.651. The second-order valence-corrected chi connectivity index (χ2v) is 7.61. The van der Waals surface area contributed by atoms with Gasteiger partial charge < -0.3 is 4.57 Å². The highest BCUT2D eigenvalue weighted by molar-refractivity contribution is 7.85. The molecule has 6 heteroatoms. The molecule has 4 rings (SSSR count). The van der Waals surface area contributed by atoms with Crippen molar-refractivity contribution < 1.29 is 4.21 Å². The molecule has 2 heterocycles. The maximum absolute atomic E-state index is 12.3. The van der Waals surface area contributed by atoms with E-state index in [9.17, 15) is 4.21 Å². The molecule has 1 aliphatic carbocycles. The van der Waals surface area contributed by atoms with Gasteiger partial charge in [0.05, 0.1) is 17.3 Å². The van der Waals surface area contributed by atoms with Crippen LogP contribution in [0.25, 0.3) is 0 Å². The first-order valence-corrected chi connectivity index (χ1v) is 9.21. The Balaban J connectivity index is 1.36. The molecule has 1 aliphatic heterocycles. The van der Waals surface area contributed by atoms with Crippen LogP contribution in [0.2, 0.25) is 0 Å². The van der Waals surface area contributed by atoms with Gasteiger partial charge >= 0.3 is 0 Å². The molecule has 1 aromatic heterocycles. The molecule has 5 nitrogen and oxygen atoms in total. The Morgan fingerprint density at radius 2 is 1.95 bits per heavy atom. The van der Waals surface area contributed by atoms with Crippen LogP contribution < -0.4 is 0 Å². The van der Waals surface area contributed by atoms with Gasteiger partial charge in [0.2, 0.25) is 0 Å². The number of hydrogen-bond acceptors (Lipinski definition) is 4. The first-order valence-electron chi connectivity index (χ1n) is 7.89. The average Bonchev–Trinajstić information content (AvgIpc) is 3.33. The zero-order valence-corrected chi connectivity index (χ0v) is 13.3. The predicted molar refractivity (Wildman–Crippen MR) is 85.0 cm³/mol. The van der Waals surface area contributed by atoms with E-state index in [1.807, 2.05) is 30.3 Å². The van der Waals surface area contributed by atoms with E-state index in [-0.39, 0.29) is 0 Å². The van der Waals surface area contributed by atoms with Crippen LogP contribution in [0.3, 0.4) is 0 Å². The van der Waals surface area contributed by atoms with Gasteiger partial charge in [-0.3, -0.25) is 9.11 Å². The maximum atomic E-state index is 12.3. The lowest BCUT2D eigenvalue weighted by Crippen LogP contribution is -2.36. The highest BCUT2D eigenvalue weighted by Crippen LogP contribution is 2.39. The molecule has 0 bridgehead atoms.